The van der Waals surface area contributed by atoms with Gasteiger partial charge in [-0.25, -0.2) is 5.84 Å². The molecule has 0 aliphatic heterocycles. The van der Waals surface area contributed by atoms with E-state index >= 15 is 0 Å². The minimum Gasteiger partial charge on any atom is -0.308 e. The Morgan fingerprint density at radius 1 is 0.750 bits per heavy atom. The molecular formula is C18H22N2. The number of benzene rings is 2. The molecular weight excluding hydrogens is 244 g/mol. The Morgan fingerprint density at radius 3 is 2.00 bits per heavy atom. The van der Waals surface area contributed by atoms with Gasteiger partial charge in [0.25, 0.3) is 0 Å². The van der Waals surface area contributed by atoms with E-state index in [-0.39, 0.29) is 0 Å². The summed E-state index contributed by atoms with van der Waals surface area (Å²) in [7, 11) is 0. The van der Waals surface area contributed by atoms with E-state index < -0.39 is 0 Å². The smallest absolute Gasteiger partial charge is 0.0520 e. The highest BCUT2D eigenvalue weighted by Crippen LogP contribution is 2.27. The van der Waals surface area contributed by atoms with Gasteiger partial charge in [-0.05, 0) is 36.1 Å². The summed E-state index contributed by atoms with van der Waals surface area (Å²) in [5.74, 6) is 6.29. The second-order valence-electron chi connectivity index (χ2n) is 5.61. The number of hydrazine groups is 1. The van der Waals surface area contributed by atoms with Crippen LogP contribution in [0.15, 0.2) is 54.6 Å². The lowest BCUT2D eigenvalue weighted by molar-refractivity contribution is 0.418. The zero-order valence-electron chi connectivity index (χ0n) is 11.8. The summed E-state index contributed by atoms with van der Waals surface area (Å²) in [6.45, 7) is 0. The Bertz CT molecular complexity index is 527. The second kappa shape index (κ2) is 6.10. The number of nitrogens with two attached hydrogens (primary N) is 1. The van der Waals surface area contributed by atoms with Gasteiger partial charge in [-0.15, -0.1) is 0 Å². The van der Waals surface area contributed by atoms with Gasteiger partial charge in [0.05, 0.1) is 5.69 Å². The largest absolute Gasteiger partial charge is 0.308 e. The summed E-state index contributed by atoms with van der Waals surface area (Å²) in [5, 5.41) is 1.97. The van der Waals surface area contributed by atoms with Gasteiger partial charge < -0.3 is 5.01 Å². The Kier molecular flexibility index (Phi) is 4.03. The van der Waals surface area contributed by atoms with Gasteiger partial charge in [0.2, 0.25) is 0 Å². The summed E-state index contributed by atoms with van der Waals surface area (Å²) < 4.78 is 0. The van der Waals surface area contributed by atoms with Gasteiger partial charge in [0.15, 0.2) is 0 Å². The molecule has 20 heavy (non-hydrogen) atoms. The predicted octanol–water partition coefficient (Wildman–Crippen LogP) is 4.37. The molecule has 0 saturated heterocycles. The Balaban J connectivity index is 1.75. The highest BCUT2D eigenvalue weighted by molar-refractivity contribution is 5.66. The molecule has 0 heterocycles. The van der Waals surface area contributed by atoms with Gasteiger partial charge in [-0.3, -0.25) is 0 Å². The minimum absolute atomic E-state index is 0.506. The van der Waals surface area contributed by atoms with Gasteiger partial charge in [-0.1, -0.05) is 61.7 Å². The van der Waals surface area contributed by atoms with Crippen LogP contribution in [-0.2, 0) is 0 Å². The maximum absolute atomic E-state index is 6.29. The monoisotopic (exact) mass is 266 g/mol. The van der Waals surface area contributed by atoms with E-state index in [2.05, 4.69) is 48.5 Å². The molecule has 1 fully saturated rings. The predicted molar refractivity (Wildman–Crippen MR) is 85.4 cm³/mol. The number of hydrogen-bond donors (Lipinski definition) is 1. The first-order valence-electron chi connectivity index (χ1n) is 7.54. The maximum atomic E-state index is 6.29. The van der Waals surface area contributed by atoms with Crippen molar-refractivity contribution in [3.63, 3.8) is 0 Å². The molecule has 0 amide bonds. The molecule has 0 aromatic heterocycles. The van der Waals surface area contributed by atoms with E-state index in [0.29, 0.717) is 6.04 Å². The summed E-state index contributed by atoms with van der Waals surface area (Å²) >= 11 is 0. The van der Waals surface area contributed by atoms with Crippen LogP contribution < -0.4 is 10.9 Å². The van der Waals surface area contributed by atoms with Crippen molar-refractivity contribution in [1.29, 1.82) is 0 Å². The van der Waals surface area contributed by atoms with Gasteiger partial charge >= 0.3 is 0 Å². The van der Waals surface area contributed by atoms with Crippen molar-refractivity contribution >= 4 is 5.69 Å². The summed E-state index contributed by atoms with van der Waals surface area (Å²) in [6, 6.07) is 19.6. The highest BCUT2D eigenvalue weighted by atomic mass is 15.4. The lowest BCUT2D eigenvalue weighted by Crippen LogP contribution is -2.42. The lowest BCUT2D eigenvalue weighted by atomic mass is 9.94. The zero-order valence-corrected chi connectivity index (χ0v) is 11.8. The summed E-state index contributed by atoms with van der Waals surface area (Å²) in [4.78, 5) is 0. The van der Waals surface area contributed by atoms with E-state index in [1.807, 2.05) is 11.1 Å². The third-order valence-corrected chi connectivity index (χ3v) is 4.24. The van der Waals surface area contributed by atoms with Crippen LogP contribution in [0.4, 0.5) is 5.69 Å². The Labute approximate surface area is 121 Å². The fraction of sp³-hybridized carbons (Fsp3) is 0.333. The second-order valence-corrected chi connectivity index (χ2v) is 5.61. The van der Waals surface area contributed by atoms with Crippen molar-refractivity contribution in [3.05, 3.63) is 54.6 Å². The van der Waals surface area contributed by atoms with Crippen LogP contribution in [-0.4, -0.2) is 6.04 Å². The normalized spacial score (nSPS) is 16.1. The van der Waals surface area contributed by atoms with Crippen molar-refractivity contribution < 1.29 is 0 Å². The van der Waals surface area contributed by atoms with Gasteiger partial charge in [0, 0.05) is 6.04 Å². The van der Waals surface area contributed by atoms with Crippen LogP contribution in [0.25, 0.3) is 11.1 Å². The average molecular weight is 266 g/mol. The van der Waals surface area contributed by atoms with Crippen molar-refractivity contribution in [2.24, 2.45) is 5.84 Å². The van der Waals surface area contributed by atoms with Crippen LogP contribution in [0.3, 0.4) is 0 Å². The van der Waals surface area contributed by atoms with Crippen LogP contribution in [0.2, 0.25) is 0 Å². The molecule has 2 aromatic rings. The first kappa shape index (κ1) is 13.2. The fourth-order valence-electron chi connectivity index (χ4n) is 3.03. The average Bonchev–Trinajstić information content (AvgIpc) is 2.56. The molecule has 2 aromatic carbocycles. The van der Waals surface area contributed by atoms with E-state index in [1.165, 1.54) is 43.2 Å². The molecule has 0 atom stereocenters. The van der Waals surface area contributed by atoms with E-state index in [4.69, 9.17) is 5.84 Å². The van der Waals surface area contributed by atoms with E-state index in [0.717, 1.165) is 5.69 Å². The van der Waals surface area contributed by atoms with Crippen molar-refractivity contribution in [3.8, 4) is 11.1 Å². The molecule has 1 aliphatic rings. The van der Waals surface area contributed by atoms with E-state index in [9.17, 15) is 0 Å². The topological polar surface area (TPSA) is 29.3 Å². The summed E-state index contributed by atoms with van der Waals surface area (Å²) in [5.41, 5.74) is 3.61. The Morgan fingerprint density at radius 2 is 1.35 bits per heavy atom. The van der Waals surface area contributed by atoms with Crippen molar-refractivity contribution in [1.82, 2.24) is 0 Å². The quantitative estimate of drug-likeness (QED) is 0.660. The number of rotatable bonds is 3. The molecule has 1 aliphatic carbocycles. The zero-order chi connectivity index (χ0) is 13.8. The molecule has 0 bridgehead atoms. The van der Waals surface area contributed by atoms with Crippen LogP contribution >= 0.6 is 0 Å². The van der Waals surface area contributed by atoms with Crippen LogP contribution in [0.5, 0.6) is 0 Å². The molecule has 0 unspecified atom stereocenters. The standard InChI is InChI=1S/C18H22N2/c19-20(17-9-5-2-6-10-17)18-13-11-16(12-14-18)15-7-3-1-4-8-15/h1,3-4,7-8,11-14,17H,2,5-6,9-10,19H2. The first-order chi connectivity index (χ1) is 9.84. The number of hydrogen-bond acceptors (Lipinski definition) is 2. The molecule has 3 rings (SSSR count). The third-order valence-electron chi connectivity index (χ3n) is 4.24. The van der Waals surface area contributed by atoms with Gasteiger partial charge in [0.1, 0.15) is 0 Å². The SMILES string of the molecule is NN(c1ccc(-c2ccccc2)cc1)C1CCCCC1. The molecule has 0 spiro atoms. The van der Waals surface area contributed by atoms with Gasteiger partial charge in [-0.2, -0.15) is 0 Å². The molecule has 104 valence electrons. The summed E-state index contributed by atoms with van der Waals surface area (Å²) in [6.07, 6.45) is 6.41. The fourth-order valence-corrected chi connectivity index (χ4v) is 3.03. The van der Waals surface area contributed by atoms with Crippen molar-refractivity contribution in [2.75, 3.05) is 5.01 Å². The molecule has 2 heteroatoms. The molecule has 2 N–H and O–H groups in total. The third kappa shape index (κ3) is 2.86. The lowest BCUT2D eigenvalue weighted by Gasteiger charge is -2.32. The first-order valence-corrected chi connectivity index (χ1v) is 7.54. The maximum Gasteiger partial charge on any atom is 0.0520 e. The Hall–Kier alpha value is -1.80. The van der Waals surface area contributed by atoms with Crippen molar-refractivity contribution in [2.45, 2.75) is 38.1 Å². The highest BCUT2D eigenvalue weighted by Gasteiger charge is 2.18. The number of nitrogens with zero attached hydrogens (tertiary/aromatic N) is 1. The van der Waals surface area contributed by atoms with E-state index in [1.54, 1.807) is 0 Å². The minimum atomic E-state index is 0.506. The van der Waals surface area contributed by atoms with Crippen LogP contribution in [0, 0.1) is 0 Å². The molecule has 2 nitrogen and oxygen atoms in total. The molecule has 0 radical (unpaired) electrons. The molecule has 1 saturated carbocycles. The number of anilines is 1. The van der Waals surface area contributed by atoms with Crippen LogP contribution in [0.1, 0.15) is 32.1 Å².